The molecule has 1 N–H and O–H groups in total. The maximum atomic E-state index is 9.55. The summed E-state index contributed by atoms with van der Waals surface area (Å²) in [4.78, 5) is 9.54. The molecule has 0 heterocycles. The van der Waals surface area contributed by atoms with Crippen molar-refractivity contribution in [3.8, 4) is 0 Å². The highest BCUT2D eigenvalue weighted by Crippen LogP contribution is 1.75. The van der Waals surface area contributed by atoms with Gasteiger partial charge >= 0.3 is 5.97 Å². The van der Waals surface area contributed by atoms with Gasteiger partial charge in [0.25, 0.3) is 0 Å². The molecule has 0 aromatic carbocycles. The third kappa shape index (κ3) is 5.32. The fourth-order valence-electron chi connectivity index (χ4n) is 0.114. The number of carboxylic acid groups (broad SMARTS) is 1. The van der Waals surface area contributed by atoms with Crippen LogP contribution in [-0.2, 0) is 15.9 Å². The summed E-state index contributed by atoms with van der Waals surface area (Å²) in [6.07, 6.45) is 0.545. The number of rotatable bonds is 2. The van der Waals surface area contributed by atoms with Crippen LogP contribution in [0.1, 0.15) is 0 Å². The van der Waals surface area contributed by atoms with E-state index in [1.807, 2.05) is 0 Å². The fourth-order valence-corrected chi connectivity index (χ4v) is 0.341. The number of hydrogen-bond acceptors (Lipinski definition) is 3. The van der Waals surface area contributed by atoms with Gasteiger partial charge in [0.2, 0.25) is 0 Å². The van der Waals surface area contributed by atoms with Crippen molar-refractivity contribution in [2.75, 3.05) is 0 Å². The van der Waals surface area contributed by atoms with Crippen molar-refractivity contribution in [1.82, 2.24) is 0 Å². The van der Waals surface area contributed by atoms with Gasteiger partial charge in [-0.15, -0.1) is 0 Å². The Kier molecular flexibility index (Phi) is 3.05. The maximum absolute atomic E-state index is 9.55. The normalized spacial score (nSPS) is 14.1. The minimum atomic E-state index is -2.40. The van der Waals surface area contributed by atoms with Crippen molar-refractivity contribution < 1.29 is 18.7 Å². The third-order valence-corrected chi connectivity index (χ3v) is 0.680. The van der Waals surface area contributed by atoms with Crippen LogP contribution in [0.4, 0.5) is 0 Å². The molecule has 0 amide bonds. The molecule has 0 spiro atoms. The van der Waals surface area contributed by atoms with Crippen LogP contribution in [0.2, 0.25) is 0 Å². The van der Waals surface area contributed by atoms with Crippen LogP contribution in [0, 0.1) is 0 Å². The van der Waals surface area contributed by atoms with Crippen LogP contribution >= 0.6 is 0 Å². The Balaban J connectivity index is 3.67. The van der Waals surface area contributed by atoms with Crippen molar-refractivity contribution in [3.05, 3.63) is 11.5 Å². The predicted molar refractivity (Wildman–Crippen MR) is 25.7 cm³/mol. The average molecular weight is 135 g/mol. The van der Waals surface area contributed by atoms with Gasteiger partial charge in [-0.25, -0.2) is 4.79 Å². The third-order valence-electron chi connectivity index (χ3n) is 0.322. The van der Waals surface area contributed by atoms with E-state index in [2.05, 4.69) is 0 Å². The van der Waals surface area contributed by atoms with Crippen molar-refractivity contribution in [2.45, 2.75) is 0 Å². The fraction of sp³-hybridized carbons (Fsp3) is 0. The van der Waals surface area contributed by atoms with Crippen LogP contribution in [0.15, 0.2) is 11.5 Å². The maximum Gasteiger partial charge on any atom is 0.328 e. The monoisotopic (exact) mass is 135 g/mol. The first kappa shape index (κ1) is 7.32. The van der Waals surface area contributed by atoms with Gasteiger partial charge in [-0.05, 0) is 16.5 Å². The lowest BCUT2D eigenvalue weighted by Crippen LogP contribution is -1.87. The molecule has 0 bridgehead atoms. The van der Waals surface area contributed by atoms with E-state index >= 15 is 0 Å². The lowest BCUT2D eigenvalue weighted by atomic mass is 10.7. The zero-order valence-corrected chi connectivity index (χ0v) is 4.55. The average Bonchev–Trinajstić information content (AvgIpc) is 1.61. The van der Waals surface area contributed by atoms with Crippen molar-refractivity contribution in [3.63, 3.8) is 0 Å². The molecule has 0 rings (SSSR count). The van der Waals surface area contributed by atoms with Gasteiger partial charge in [-0.3, -0.25) is 4.21 Å². The van der Waals surface area contributed by atoms with Gasteiger partial charge in [0, 0.05) is 6.08 Å². The van der Waals surface area contributed by atoms with Gasteiger partial charge in [0.1, 0.15) is 0 Å². The van der Waals surface area contributed by atoms with Crippen molar-refractivity contribution >= 4 is 17.0 Å². The largest absolute Gasteiger partial charge is 0.769 e. The number of carboxylic acids is 1. The zero-order valence-electron chi connectivity index (χ0n) is 3.73. The van der Waals surface area contributed by atoms with Crippen LogP contribution in [0.3, 0.4) is 0 Å². The SMILES string of the molecule is O=C(O)C=CS(=O)[O-]. The molecule has 0 aromatic heterocycles. The summed E-state index contributed by atoms with van der Waals surface area (Å²) in [5.74, 6) is -1.27. The first-order valence-electron chi connectivity index (χ1n) is 1.62. The molecule has 0 aliphatic heterocycles. The Hall–Kier alpha value is -0.680. The molecule has 0 saturated heterocycles. The van der Waals surface area contributed by atoms with Gasteiger partial charge in [-0.1, -0.05) is 0 Å². The Bertz CT molecular complexity index is 122. The summed E-state index contributed by atoms with van der Waals surface area (Å²) in [5, 5.41) is 8.36. The Morgan fingerprint density at radius 1 is 1.75 bits per heavy atom. The van der Waals surface area contributed by atoms with Gasteiger partial charge in [0.15, 0.2) is 0 Å². The second-order valence-corrected chi connectivity index (χ2v) is 1.69. The summed E-state index contributed by atoms with van der Waals surface area (Å²) < 4.78 is 19.1. The lowest BCUT2D eigenvalue weighted by molar-refractivity contribution is -0.131. The summed E-state index contributed by atoms with van der Waals surface area (Å²) in [7, 11) is 0. The van der Waals surface area contributed by atoms with Crippen LogP contribution in [0.25, 0.3) is 0 Å². The van der Waals surface area contributed by atoms with Crippen LogP contribution in [0.5, 0.6) is 0 Å². The summed E-state index contributed by atoms with van der Waals surface area (Å²) >= 11 is -2.40. The first-order valence-corrected chi connectivity index (χ1v) is 2.76. The molecule has 5 heteroatoms. The number of aliphatic carboxylic acids is 1. The highest BCUT2D eigenvalue weighted by molar-refractivity contribution is 7.82. The molecule has 46 valence electrons. The van der Waals surface area contributed by atoms with E-state index in [0.717, 1.165) is 0 Å². The smallest absolute Gasteiger partial charge is 0.328 e. The lowest BCUT2D eigenvalue weighted by Gasteiger charge is -1.90. The highest BCUT2D eigenvalue weighted by atomic mass is 32.2. The summed E-state index contributed by atoms with van der Waals surface area (Å²) in [5.41, 5.74) is 0. The highest BCUT2D eigenvalue weighted by Gasteiger charge is 1.81. The van der Waals surface area contributed by atoms with Crippen molar-refractivity contribution in [1.29, 1.82) is 0 Å². The van der Waals surface area contributed by atoms with E-state index in [0.29, 0.717) is 11.5 Å². The number of hydrogen-bond donors (Lipinski definition) is 1. The molecule has 8 heavy (non-hydrogen) atoms. The molecule has 1 atom stereocenters. The van der Waals surface area contributed by atoms with E-state index in [-0.39, 0.29) is 0 Å². The molecule has 0 radical (unpaired) electrons. The van der Waals surface area contributed by atoms with E-state index in [9.17, 15) is 13.6 Å². The van der Waals surface area contributed by atoms with Crippen LogP contribution < -0.4 is 0 Å². The van der Waals surface area contributed by atoms with E-state index < -0.39 is 17.0 Å². The molecule has 4 nitrogen and oxygen atoms in total. The predicted octanol–water partition coefficient (Wildman–Crippen LogP) is -0.536. The zero-order chi connectivity index (χ0) is 6.57. The second kappa shape index (κ2) is 3.34. The summed E-state index contributed by atoms with van der Waals surface area (Å²) in [6.45, 7) is 0. The Morgan fingerprint density at radius 3 is 2.38 bits per heavy atom. The van der Waals surface area contributed by atoms with E-state index in [4.69, 9.17) is 5.11 Å². The van der Waals surface area contributed by atoms with Crippen molar-refractivity contribution in [2.24, 2.45) is 0 Å². The van der Waals surface area contributed by atoms with Crippen LogP contribution in [-0.4, -0.2) is 19.8 Å². The molecule has 0 aliphatic carbocycles. The first-order chi connectivity index (χ1) is 3.63. The topological polar surface area (TPSA) is 77.4 Å². The van der Waals surface area contributed by atoms with Gasteiger partial charge < -0.3 is 9.66 Å². The molecular formula is C3H3O4S-. The molecule has 1 unspecified atom stereocenters. The van der Waals surface area contributed by atoms with Gasteiger partial charge in [-0.2, -0.15) is 0 Å². The standard InChI is InChI=1S/C3H4O4S/c4-3(5)1-2-8(6)7/h1-2H,(H,4,5)(H,6,7)/p-1. The molecule has 0 aliphatic rings. The second-order valence-electron chi connectivity index (χ2n) is 0.901. The molecule has 0 saturated carbocycles. The molecule has 0 fully saturated rings. The summed E-state index contributed by atoms with van der Waals surface area (Å²) in [6, 6.07) is 0. The van der Waals surface area contributed by atoms with E-state index in [1.54, 1.807) is 0 Å². The minimum Gasteiger partial charge on any atom is -0.769 e. The Morgan fingerprint density at radius 2 is 2.25 bits per heavy atom. The minimum absolute atomic E-state index is 0.545. The number of carbonyl (C=O) groups is 1. The van der Waals surface area contributed by atoms with Gasteiger partial charge in [0.05, 0.1) is 0 Å². The quantitative estimate of drug-likeness (QED) is 0.407. The molecular weight excluding hydrogens is 132 g/mol. The van der Waals surface area contributed by atoms with E-state index in [1.165, 1.54) is 0 Å². The Labute approximate surface area is 48.1 Å². The molecule has 0 aromatic rings.